The maximum atomic E-state index is 6.24. The van der Waals surface area contributed by atoms with Crippen LogP contribution in [0.3, 0.4) is 0 Å². The summed E-state index contributed by atoms with van der Waals surface area (Å²) in [6.45, 7) is 5.53. The second kappa shape index (κ2) is 7.71. The lowest BCUT2D eigenvalue weighted by molar-refractivity contribution is 0.486. The molecular weight excluding hydrogens is 322 g/mol. The van der Waals surface area contributed by atoms with Crippen LogP contribution in [-0.4, -0.2) is 40.3 Å². The highest BCUT2D eigenvalue weighted by Gasteiger charge is 2.26. The number of aromatic nitrogens is 2. The largest absolute Gasteiger partial charge is 0.357 e. The minimum absolute atomic E-state index is 0.517. The van der Waals surface area contributed by atoms with Crippen molar-refractivity contribution < 1.29 is 0 Å². The van der Waals surface area contributed by atoms with Crippen LogP contribution in [0.5, 0.6) is 0 Å². The van der Waals surface area contributed by atoms with E-state index in [1.54, 1.807) is 0 Å². The van der Waals surface area contributed by atoms with Gasteiger partial charge in [-0.3, -0.25) is 4.68 Å². The van der Waals surface area contributed by atoms with Crippen LogP contribution >= 0.6 is 11.6 Å². The molecule has 1 aromatic heterocycles. The first kappa shape index (κ1) is 16.8. The molecule has 0 aliphatic carbocycles. The number of halogens is 1. The predicted octanol–water partition coefficient (Wildman–Crippen LogP) is 3.03. The smallest absolute Gasteiger partial charge is 0.194 e. The van der Waals surface area contributed by atoms with Gasteiger partial charge in [0.15, 0.2) is 5.96 Å². The zero-order chi connectivity index (χ0) is 16.9. The molecule has 5 nitrogen and oxygen atoms in total. The van der Waals surface area contributed by atoms with Crippen molar-refractivity contribution in [3.63, 3.8) is 0 Å². The molecule has 1 fully saturated rings. The Kier molecular flexibility index (Phi) is 5.41. The number of likely N-dealkylation sites (tertiary alicyclic amines) is 1. The molecule has 0 bridgehead atoms. The van der Waals surface area contributed by atoms with Gasteiger partial charge in [0.1, 0.15) is 0 Å². The van der Waals surface area contributed by atoms with Crippen LogP contribution in [-0.2, 0) is 13.6 Å². The summed E-state index contributed by atoms with van der Waals surface area (Å²) in [5.74, 6) is 1.48. The molecule has 1 saturated heterocycles. The summed E-state index contributed by atoms with van der Waals surface area (Å²) in [5.41, 5.74) is 2.36. The van der Waals surface area contributed by atoms with Gasteiger partial charge in [0.25, 0.3) is 0 Å². The van der Waals surface area contributed by atoms with Gasteiger partial charge in [-0.2, -0.15) is 5.10 Å². The van der Waals surface area contributed by atoms with Gasteiger partial charge in [-0.25, -0.2) is 4.99 Å². The Balaban J connectivity index is 1.69. The summed E-state index contributed by atoms with van der Waals surface area (Å²) in [4.78, 5) is 7.12. The Hall–Kier alpha value is -2.01. The first-order valence-electron chi connectivity index (χ1n) is 8.42. The zero-order valence-corrected chi connectivity index (χ0v) is 15.0. The summed E-state index contributed by atoms with van der Waals surface area (Å²) in [5, 5.41) is 8.46. The standard InChI is InChI=1S/C18H24ClN5/c1-3-20-18(21-10-14-6-4-5-7-17(14)19)24-9-8-15(13-24)16-11-22-23(2)12-16/h4-7,11-12,15H,3,8-10,13H2,1-2H3,(H,20,21). The normalized spacial score (nSPS) is 18.2. The van der Waals surface area contributed by atoms with Crippen LogP contribution in [0.4, 0.5) is 0 Å². The number of guanidine groups is 1. The van der Waals surface area contributed by atoms with Crippen molar-refractivity contribution in [2.75, 3.05) is 19.6 Å². The highest BCUT2D eigenvalue weighted by Crippen LogP contribution is 2.26. The second-order valence-corrected chi connectivity index (χ2v) is 6.55. The number of nitrogens with zero attached hydrogens (tertiary/aromatic N) is 4. The van der Waals surface area contributed by atoms with Crippen LogP contribution < -0.4 is 5.32 Å². The molecule has 128 valence electrons. The number of benzene rings is 1. The summed E-state index contributed by atoms with van der Waals surface area (Å²) in [6, 6.07) is 7.88. The average molecular weight is 346 g/mol. The Morgan fingerprint density at radius 1 is 1.42 bits per heavy atom. The van der Waals surface area contributed by atoms with Crippen molar-refractivity contribution in [1.29, 1.82) is 0 Å². The van der Waals surface area contributed by atoms with Gasteiger partial charge >= 0.3 is 0 Å². The van der Waals surface area contributed by atoms with Crippen LogP contribution in [0, 0.1) is 0 Å². The minimum atomic E-state index is 0.517. The lowest BCUT2D eigenvalue weighted by atomic mass is 10.0. The van der Waals surface area contributed by atoms with E-state index in [4.69, 9.17) is 16.6 Å². The first-order chi connectivity index (χ1) is 11.7. The number of aliphatic imine (C=N–C) groups is 1. The van der Waals surface area contributed by atoms with E-state index in [0.29, 0.717) is 12.5 Å². The number of nitrogens with one attached hydrogen (secondary N) is 1. The topological polar surface area (TPSA) is 45.5 Å². The van der Waals surface area contributed by atoms with Crippen molar-refractivity contribution in [3.8, 4) is 0 Å². The molecule has 0 radical (unpaired) electrons. The van der Waals surface area contributed by atoms with Crippen LogP contribution in [0.15, 0.2) is 41.7 Å². The summed E-state index contributed by atoms with van der Waals surface area (Å²) < 4.78 is 1.87. The van der Waals surface area contributed by atoms with E-state index in [1.807, 2.05) is 42.2 Å². The molecule has 24 heavy (non-hydrogen) atoms. The van der Waals surface area contributed by atoms with Crippen molar-refractivity contribution in [3.05, 3.63) is 52.8 Å². The maximum absolute atomic E-state index is 6.24. The quantitative estimate of drug-likeness (QED) is 0.684. The third-order valence-corrected chi connectivity index (χ3v) is 4.74. The molecule has 2 aromatic rings. The molecular formula is C18H24ClN5. The molecule has 0 saturated carbocycles. The highest BCUT2D eigenvalue weighted by atomic mass is 35.5. The van der Waals surface area contributed by atoms with E-state index in [9.17, 15) is 0 Å². The summed E-state index contributed by atoms with van der Waals surface area (Å²) in [7, 11) is 1.96. The van der Waals surface area contributed by atoms with E-state index in [2.05, 4.69) is 28.4 Å². The van der Waals surface area contributed by atoms with Crippen molar-refractivity contribution in [2.24, 2.45) is 12.0 Å². The molecule has 1 aliphatic heterocycles. The third-order valence-electron chi connectivity index (χ3n) is 4.38. The monoisotopic (exact) mass is 345 g/mol. The van der Waals surface area contributed by atoms with E-state index >= 15 is 0 Å². The Labute approximate surface area is 148 Å². The number of hydrogen-bond acceptors (Lipinski definition) is 2. The second-order valence-electron chi connectivity index (χ2n) is 6.14. The highest BCUT2D eigenvalue weighted by molar-refractivity contribution is 6.31. The fourth-order valence-electron chi connectivity index (χ4n) is 3.09. The Morgan fingerprint density at radius 3 is 2.96 bits per heavy atom. The molecule has 2 heterocycles. The van der Waals surface area contributed by atoms with Gasteiger partial charge in [-0.05, 0) is 30.5 Å². The van der Waals surface area contributed by atoms with Crippen molar-refractivity contribution in [2.45, 2.75) is 25.8 Å². The molecule has 3 rings (SSSR count). The zero-order valence-electron chi connectivity index (χ0n) is 14.2. The Morgan fingerprint density at radius 2 is 2.25 bits per heavy atom. The predicted molar refractivity (Wildman–Crippen MR) is 98.4 cm³/mol. The molecule has 0 spiro atoms. The van der Waals surface area contributed by atoms with Crippen LogP contribution in [0.1, 0.15) is 30.4 Å². The number of hydrogen-bond donors (Lipinski definition) is 1. The number of rotatable bonds is 4. The Bertz CT molecular complexity index is 709. The van der Waals surface area contributed by atoms with Gasteiger partial charge in [-0.1, -0.05) is 29.8 Å². The molecule has 1 atom stereocenters. The number of aryl methyl sites for hydroxylation is 1. The van der Waals surface area contributed by atoms with Crippen molar-refractivity contribution in [1.82, 2.24) is 20.0 Å². The first-order valence-corrected chi connectivity index (χ1v) is 8.80. The van der Waals surface area contributed by atoms with Crippen molar-refractivity contribution >= 4 is 17.6 Å². The minimum Gasteiger partial charge on any atom is -0.357 e. The van der Waals surface area contributed by atoms with Crippen LogP contribution in [0.25, 0.3) is 0 Å². The summed E-state index contributed by atoms with van der Waals surface area (Å²) >= 11 is 6.24. The summed E-state index contributed by atoms with van der Waals surface area (Å²) in [6.07, 6.45) is 5.21. The molecule has 1 aromatic carbocycles. The fraction of sp³-hybridized carbons (Fsp3) is 0.444. The maximum Gasteiger partial charge on any atom is 0.194 e. The van der Waals surface area contributed by atoms with Gasteiger partial charge in [0, 0.05) is 43.8 Å². The lowest BCUT2D eigenvalue weighted by Gasteiger charge is -2.21. The van der Waals surface area contributed by atoms with E-state index in [-0.39, 0.29) is 0 Å². The third kappa shape index (κ3) is 3.90. The average Bonchev–Trinajstić information content (AvgIpc) is 3.21. The van der Waals surface area contributed by atoms with Crippen LogP contribution in [0.2, 0.25) is 5.02 Å². The molecule has 6 heteroatoms. The van der Waals surface area contributed by atoms with E-state index in [0.717, 1.165) is 42.6 Å². The fourth-order valence-corrected chi connectivity index (χ4v) is 3.28. The molecule has 1 N–H and O–H groups in total. The van der Waals surface area contributed by atoms with Gasteiger partial charge in [0.05, 0.1) is 12.7 Å². The molecule has 0 amide bonds. The van der Waals surface area contributed by atoms with Gasteiger partial charge in [-0.15, -0.1) is 0 Å². The SMILES string of the molecule is CCNC(=NCc1ccccc1Cl)N1CCC(c2cnn(C)c2)C1. The van der Waals surface area contributed by atoms with E-state index in [1.165, 1.54) is 5.56 Å². The lowest BCUT2D eigenvalue weighted by Crippen LogP contribution is -2.40. The van der Waals surface area contributed by atoms with E-state index < -0.39 is 0 Å². The molecule has 1 aliphatic rings. The van der Waals surface area contributed by atoms with Gasteiger partial charge < -0.3 is 10.2 Å². The van der Waals surface area contributed by atoms with Gasteiger partial charge in [0.2, 0.25) is 0 Å². The molecule has 1 unspecified atom stereocenters.